The first-order valence-corrected chi connectivity index (χ1v) is 6.16. The molecule has 0 spiro atoms. The van der Waals surface area contributed by atoms with Crippen molar-refractivity contribution in [3.05, 3.63) is 36.3 Å². The maximum Gasteiger partial charge on any atom is 0.137 e. The second-order valence-corrected chi connectivity index (χ2v) is 4.83. The molecule has 1 aliphatic heterocycles. The number of pyridine rings is 1. The fraction of sp³-hybridized carbons (Fsp3) is 0.462. The number of hydrogen-bond donors (Lipinski definition) is 1. The second-order valence-electron chi connectivity index (χ2n) is 4.83. The first-order chi connectivity index (χ1) is 8.31. The molecule has 1 unspecified atom stereocenters. The van der Waals surface area contributed by atoms with Crippen LogP contribution in [-0.2, 0) is 6.54 Å². The summed E-state index contributed by atoms with van der Waals surface area (Å²) < 4.78 is 2.07. The normalized spacial score (nSPS) is 21.4. The number of aromatic nitrogens is 2. The van der Waals surface area contributed by atoms with E-state index >= 15 is 0 Å². The third-order valence-corrected chi connectivity index (χ3v) is 3.38. The Morgan fingerprint density at radius 1 is 1.47 bits per heavy atom. The van der Waals surface area contributed by atoms with Crippen LogP contribution in [0.3, 0.4) is 0 Å². The smallest absolute Gasteiger partial charge is 0.137 e. The van der Waals surface area contributed by atoms with Crippen LogP contribution in [0.5, 0.6) is 0 Å². The van der Waals surface area contributed by atoms with E-state index in [2.05, 4.69) is 32.8 Å². The average Bonchev–Trinajstić information content (AvgIpc) is 2.91. The van der Waals surface area contributed by atoms with Crippen molar-refractivity contribution >= 4 is 5.65 Å². The molecule has 0 amide bonds. The molecule has 1 atom stereocenters. The van der Waals surface area contributed by atoms with E-state index in [1.807, 2.05) is 24.4 Å². The second kappa shape index (κ2) is 4.47. The molecule has 0 saturated carbocycles. The highest BCUT2D eigenvalue weighted by atomic mass is 15.2. The molecule has 17 heavy (non-hydrogen) atoms. The van der Waals surface area contributed by atoms with Gasteiger partial charge in [-0.05, 0) is 32.1 Å². The van der Waals surface area contributed by atoms with Crippen molar-refractivity contribution < 1.29 is 0 Å². The molecule has 90 valence electrons. The lowest BCUT2D eigenvalue weighted by molar-refractivity contribution is 0.397. The molecular weight excluding hydrogens is 212 g/mol. The van der Waals surface area contributed by atoms with E-state index in [0.717, 1.165) is 24.4 Å². The third kappa shape index (κ3) is 2.33. The van der Waals surface area contributed by atoms with E-state index in [-0.39, 0.29) is 0 Å². The van der Waals surface area contributed by atoms with Crippen LogP contribution in [0.25, 0.3) is 5.65 Å². The van der Waals surface area contributed by atoms with Gasteiger partial charge in [0.15, 0.2) is 0 Å². The summed E-state index contributed by atoms with van der Waals surface area (Å²) in [5, 5.41) is 3.57. The molecule has 1 N–H and O–H groups in total. The van der Waals surface area contributed by atoms with Gasteiger partial charge in [-0.3, -0.25) is 0 Å². The van der Waals surface area contributed by atoms with Crippen LogP contribution in [0, 0.1) is 0 Å². The molecule has 4 heteroatoms. The van der Waals surface area contributed by atoms with Gasteiger partial charge in [-0.25, -0.2) is 4.98 Å². The van der Waals surface area contributed by atoms with Crippen LogP contribution in [0.2, 0.25) is 0 Å². The molecule has 2 aromatic heterocycles. The minimum atomic E-state index is 0.616. The van der Waals surface area contributed by atoms with Crippen molar-refractivity contribution in [1.29, 1.82) is 0 Å². The largest absolute Gasteiger partial charge is 0.307 e. The molecule has 0 aromatic carbocycles. The summed E-state index contributed by atoms with van der Waals surface area (Å²) in [7, 11) is 2.17. The zero-order valence-electron chi connectivity index (χ0n) is 10.1. The van der Waals surface area contributed by atoms with E-state index in [0.29, 0.717) is 6.04 Å². The SMILES string of the molecule is CN1CCC(NCc2cn3ccccc3n2)C1. The Morgan fingerprint density at radius 2 is 2.41 bits per heavy atom. The van der Waals surface area contributed by atoms with Gasteiger partial charge in [0.1, 0.15) is 5.65 Å². The lowest BCUT2D eigenvalue weighted by Crippen LogP contribution is -2.31. The predicted octanol–water partition coefficient (Wildman–Crippen LogP) is 1.13. The molecule has 1 fully saturated rings. The molecule has 3 heterocycles. The fourth-order valence-corrected chi connectivity index (χ4v) is 2.42. The van der Waals surface area contributed by atoms with Gasteiger partial charge < -0.3 is 14.6 Å². The van der Waals surface area contributed by atoms with Gasteiger partial charge in [0.2, 0.25) is 0 Å². The van der Waals surface area contributed by atoms with Crippen LogP contribution in [-0.4, -0.2) is 40.5 Å². The Morgan fingerprint density at radius 3 is 3.18 bits per heavy atom. The number of nitrogens with one attached hydrogen (secondary N) is 1. The van der Waals surface area contributed by atoms with Crippen molar-refractivity contribution in [3.8, 4) is 0 Å². The zero-order chi connectivity index (χ0) is 11.7. The van der Waals surface area contributed by atoms with Gasteiger partial charge in [-0.15, -0.1) is 0 Å². The molecule has 3 rings (SSSR count). The number of fused-ring (bicyclic) bond motifs is 1. The highest BCUT2D eigenvalue weighted by Gasteiger charge is 2.18. The summed E-state index contributed by atoms with van der Waals surface area (Å²) in [6.07, 6.45) is 5.38. The topological polar surface area (TPSA) is 32.6 Å². The summed E-state index contributed by atoms with van der Waals surface area (Å²) in [5.41, 5.74) is 2.14. The number of rotatable bonds is 3. The molecular formula is C13H18N4. The van der Waals surface area contributed by atoms with Crippen molar-refractivity contribution in [2.75, 3.05) is 20.1 Å². The minimum absolute atomic E-state index is 0.616. The highest BCUT2D eigenvalue weighted by Crippen LogP contribution is 2.08. The molecule has 0 aliphatic carbocycles. The lowest BCUT2D eigenvalue weighted by atomic mass is 10.2. The first-order valence-electron chi connectivity index (χ1n) is 6.16. The summed E-state index contributed by atoms with van der Waals surface area (Å²) in [6.45, 7) is 3.20. The van der Waals surface area contributed by atoms with E-state index in [1.165, 1.54) is 13.0 Å². The maximum atomic E-state index is 4.58. The van der Waals surface area contributed by atoms with Crippen molar-refractivity contribution in [2.24, 2.45) is 0 Å². The Labute approximate surface area is 101 Å². The average molecular weight is 230 g/mol. The van der Waals surface area contributed by atoms with Gasteiger partial charge in [0, 0.05) is 31.5 Å². The van der Waals surface area contributed by atoms with E-state index in [4.69, 9.17) is 0 Å². The van der Waals surface area contributed by atoms with Crippen LogP contribution in [0.1, 0.15) is 12.1 Å². The van der Waals surface area contributed by atoms with Gasteiger partial charge in [-0.1, -0.05) is 6.07 Å². The summed E-state index contributed by atoms with van der Waals surface area (Å²) in [4.78, 5) is 6.94. The highest BCUT2D eigenvalue weighted by molar-refractivity contribution is 5.39. The van der Waals surface area contributed by atoms with E-state index in [9.17, 15) is 0 Å². The van der Waals surface area contributed by atoms with Crippen LogP contribution < -0.4 is 5.32 Å². The summed E-state index contributed by atoms with van der Waals surface area (Å²) >= 11 is 0. The van der Waals surface area contributed by atoms with Crippen LogP contribution in [0.4, 0.5) is 0 Å². The maximum absolute atomic E-state index is 4.58. The Balaban J connectivity index is 1.65. The molecule has 0 bridgehead atoms. The molecule has 0 radical (unpaired) electrons. The molecule has 2 aromatic rings. The van der Waals surface area contributed by atoms with Gasteiger partial charge in [-0.2, -0.15) is 0 Å². The number of imidazole rings is 1. The summed E-state index contributed by atoms with van der Waals surface area (Å²) in [6, 6.07) is 6.70. The number of likely N-dealkylation sites (tertiary alicyclic amines) is 1. The monoisotopic (exact) mass is 230 g/mol. The Bertz CT molecular complexity index is 472. The van der Waals surface area contributed by atoms with E-state index < -0.39 is 0 Å². The van der Waals surface area contributed by atoms with Crippen LogP contribution in [0.15, 0.2) is 30.6 Å². The third-order valence-electron chi connectivity index (χ3n) is 3.38. The van der Waals surface area contributed by atoms with Crippen molar-refractivity contribution in [3.63, 3.8) is 0 Å². The first kappa shape index (κ1) is 10.7. The zero-order valence-corrected chi connectivity index (χ0v) is 10.1. The standard InChI is InChI=1S/C13H18N4/c1-16-7-5-11(9-16)14-8-12-10-17-6-3-2-4-13(17)15-12/h2-4,6,10-11,14H,5,7-9H2,1H3. The Kier molecular flexibility index (Phi) is 2.82. The molecule has 4 nitrogen and oxygen atoms in total. The van der Waals surface area contributed by atoms with Gasteiger partial charge in [0.05, 0.1) is 5.69 Å². The number of likely N-dealkylation sites (N-methyl/N-ethyl adjacent to an activating group) is 1. The number of nitrogens with zero attached hydrogens (tertiary/aromatic N) is 3. The quantitative estimate of drug-likeness (QED) is 0.858. The Hall–Kier alpha value is -1.39. The fourth-order valence-electron chi connectivity index (χ4n) is 2.42. The van der Waals surface area contributed by atoms with E-state index in [1.54, 1.807) is 0 Å². The summed E-state index contributed by atoms with van der Waals surface area (Å²) in [5.74, 6) is 0. The van der Waals surface area contributed by atoms with Crippen LogP contribution >= 0.6 is 0 Å². The van der Waals surface area contributed by atoms with Crippen molar-refractivity contribution in [2.45, 2.75) is 19.0 Å². The van der Waals surface area contributed by atoms with Crippen molar-refractivity contribution in [1.82, 2.24) is 19.6 Å². The lowest BCUT2D eigenvalue weighted by Gasteiger charge is -2.11. The van der Waals surface area contributed by atoms with Gasteiger partial charge >= 0.3 is 0 Å². The predicted molar refractivity (Wildman–Crippen MR) is 67.9 cm³/mol. The van der Waals surface area contributed by atoms with Gasteiger partial charge in [0.25, 0.3) is 0 Å². The molecule has 1 aliphatic rings. The minimum Gasteiger partial charge on any atom is -0.307 e. The molecule has 1 saturated heterocycles. The number of hydrogen-bond acceptors (Lipinski definition) is 3.